The van der Waals surface area contributed by atoms with Crippen molar-refractivity contribution in [2.75, 3.05) is 7.11 Å². The Bertz CT molecular complexity index is 2420. The smallest absolute Gasteiger partial charge is 0.407 e. The first-order valence-electron chi connectivity index (χ1n) is 20.1. The van der Waals surface area contributed by atoms with Gasteiger partial charge in [-0.2, -0.15) is 0 Å². The van der Waals surface area contributed by atoms with Gasteiger partial charge in [-0.15, -0.1) is 0 Å². The number of aromatic amines is 2. The normalized spacial score (nSPS) is 24.1. The standard InChI is InChI=1S/C43H48N8O7/c1-20(2)35(48-42(54)55)40(52)51-31-17-25(31)19-33(51)39-45-28-7-6-8-34(37(28)47-39)58-26-12-9-22(10-13-26)23-11-14-27-29(15-23)46-38(44-27)32-18-24-16-30(24)50(32)41(53)36(21(3)4)49-43(56)57-5/h6-15,20-21,24-25,30-33,35-36,48H,16-19H2,1-5H3,(H,44,46)(H,45,47)(H,49,56)(H,54,55)/t24-,25-,30-,31-,32+,33+,35+,36+/m1/s1. The predicted octanol–water partition coefficient (Wildman–Crippen LogP) is 6.90. The van der Waals surface area contributed by atoms with Crippen LogP contribution >= 0.6 is 0 Å². The summed E-state index contributed by atoms with van der Waals surface area (Å²) in [4.78, 5) is 71.8. The minimum absolute atomic E-state index is 0.0903. The number of likely N-dealkylation sites (tertiary alicyclic amines) is 2. The number of aromatic nitrogens is 4. The molecule has 15 nitrogen and oxygen atoms in total. The first-order chi connectivity index (χ1) is 27.9. The van der Waals surface area contributed by atoms with Crippen molar-refractivity contribution in [1.29, 1.82) is 0 Å². The number of para-hydroxylation sites is 1. The Hall–Kier alpha value is -6.12. The summed E-state index contributed by atoms with van der Waals surface area (Å²) < 4.78 is 11.2. The molecule has 58 heavy (non-hydrogen) atoms. The van der Waals surface area contributed by atoms with E-state index in [1.807, 2.05) is 92.1 Å². The number of fused-ring (bicyclic) bond motifs is 4. The number of hydrogen-bond donors (Lipinski definition) is 5. The molecule has 15 heteroatoms. The van der Waals surface area contributed by atoms with Gasteiger partial charge in [0.25, 0.3) is 0 Å². The van der Waals surface area contributed by atoms with Gasteiger partial charge >= 0.3 is 12.2 Å². The summed E-state index contributed by atoms with van der Waals surface area (Å²) >= 11 is 0. The van der Waals surface area contributed by atoms with Crippen LogP contribution in [0.5, 0.6) is 11.5 Å². The van der Waals surface area contributed by atoms with Crippen LogP contribution in [0.15, 0.2) is 60.7 Å². The van der Waals surface area contributed by atoms with Gasteiger partial charge in [-0.25, -0.2) is 19.6 Å². The van der Waals surface area contributed by atoms with Crippen molar-refractivity contribution in [2.24, 2.45) is 23.7 Å². The van der Waals surface area contributed by atoms with Crippen molar-refractivity contribution in [2.45, 2.75) is 89.6 Å². The summed E-state index contributed by atoms with van der Waals surface area (Å²) in [5.41, 5.74) is 5.09. The van der Waals surface area contributed by atoms with Gasteiger partial charge in [0, 0.05) is 12.1 Å². The van der Waals surface area contributed by atoms with E-state index in [1.165, 1.54) is 7.11 Å². The van der Waals surface area contributed by atoms with Gasteiger partial charge in [0.15, 0.2) is 5.75 Å². The lowest BCUT2D eigenvalue weighted by Crippen LogP contribution is -2.52. The van der Waals surface area contributed by atoms with E-state index in [9.17, 15) is 24.3 Å². The number of H-pyrrole nitrogens is 2. The molecule has 9 rings (SSSR count). The molecule has 4 aliphatic rings. The first kappa shape index (κ1) is 37.5. The third-order valence-electron chi connectivity index (χ3n) is 12.4. The number of alkyl carbamates (subject to hydrolysis) is 1. The van der Waals surface area contributed by atoms with E-state index in [-0.39, 0.29) is 47.8 Å². The number of nitrogens with zero attached hydrogens (tertiary/aromatic N) is 4. The van der Waals surface area contributed by atoms with Gasteiger partial charge in [-0.1, -0.05) is 52.0 Å². The minimum atomic E-state index is -1.21. The zero-order valence-corrected chi connectivity index (χ0v) is 33.1. The van der Waals surface area contributed by atoms with Crippen molar-refractivity contribution >= 4 is 46.1 Å². The van der Waals surface area contributed by atoms with Gasteiger partial charge in [-0.05, 0) is 96.9 Å². The zero-order valence-electron chi connectivity index (χ0n) is 33.1. The molecule has 8 atom stereocenters. The average Bonchev–Trinajstić information content (AvgIpc) is 3.85. The highest BCUT2D eigenvalue weighted by molar-refractivity contribution is 5.89. The molecule has 0 spiro atoms. The lowest BCUT2D eigenvalue weighted by Gasteiger charge is -2.31. The number of carbonyl (C=O) groups is 4. The summed E-state index contributed by atoms with van der Waals surface area (Å²) in [6.07, 6.45) is 1.64. The highest BCUT2D eigenvalue weighted by atomic mass is 16.5. The molecule has 2 aliphatic carbocycles. The molecule has 2 aliphatic heterocycles. The fourth-order valence-electron chi connectivity index (χ4n) is 9.18. The molecule has 2 saturated carbocycles. The Labute approximate surface area is 334 Å². The van der Waals surface area contributed by atoms with Crippen LogP contribution in [0.25, 0.3) is 33.2 Å². The summed E-state index contributed by atoms with van der Waals surface area (Å²) in [5.74, 6) is 2.78. The Morgan fingerprint density at radius 1 is 0.741 bits per heavy atom. The second-order valence-corrected chi connectivity index (χ2v) is 16.9. The zero-order chi connectivity index (χ0) is 40.6. The summed E-state index contributed by atoms with van der Waals surface area (Å²) in [6, 6.07) is 17.8. The van der Waals surface area contributed by atoms with Crippen molar-refractivity contribution < 1.29 is 33.8 Å². The minimum Gasteiger partial charge on any atom is -0.465 e. The van der Waals surface area contributed by atoms with Crippen LogP contribution in [0.3, 0.4) is 0 Å². The van der Waals surface area contributed by atoms with Crippen LogP contribution in [0.2, 0.25) is 0 Å². The molecule has 2 aromatic heterocycles. The maximum atomic E-state index is 13.9. The lowest BCUT2D eigenvalue weighted by molar-refractivity contribution is -0.137. The quantitative estimate of drug-likeness (QED) is 0.0947. The molecule has 4 amide bonds. The van der Waals surface area contributed by atoms with Crippen molar-refractivity contribution in [1.82, 2.24) is 40.4 Å². The van der Waals surface area contributed by atoms with Crippen molar-refractivity contribution in [3.05, 3.63) is 72.3 Å². The third-order valence-corrected chi connectivity index (χ3v) is 12.4. The summed E-state index contributed by atoms with van der Waals surface area (Å²) in [6.45, 7) is 7.51. The molecule has 4 fully saturated rings. The van der Waals surface area contributed by atoms with E-state index in [2.05, 4.69) is 26.7 Å². The molecule has 0 radical (unpaired) electrons. The first-order valence-corrected chi connectivity index (χ1v) is 20.1. The number of benzene rings is 3. The van der Waals surface area contributed by atoms with Crippen LogP contribution in [0.1, 0.15) is 77.1 Å². The van der Waals surface area contributed by atoms with E-state index in [4.69, 9.17) is 19.4 Å². The fourth-order valence-corrected chi connectivity index (χ4v) is 9.18. The van der Waals surface area contributed by atoms with Crippen LogP contribution < -0.4 is 15.4 Å². The molecular weight excluding hydrogens is 741 g/mol. The Kier molecular flexibility index (Phi) is 9.28. The number of carbonyl (C=O) groups excluding carboxylic acids is 3. The molecule has 2 saturated heterocycles. The fraction of sp³-hybridized carbons (Fsp3) is 0.442. The van der Waals surface area contributed by atoms with Gasteiger partial charge < -0.3 is 45.0 Å². The van der Waals surface area contributed by atoms with E-state index in [1.54, 1.807) is 0 Å². The van der Waals surface area contributed by atoms with Crippen molar-refractivity contribution in [3.8, 4) is 22.6 Å². The number of methoxy groups -OCH3 is 1. The number of rotatable bonds is 11. The average molecular weight is 789 g/mol. The number of carboxylic acid groups (broad SMARTS) is 1. The lowest BCUT2D eigenvalue weighted by atomic mass is 10.0. The van der Waals surface area contributed by atoms with E-state index < -0.39 is 24.3 Å². The maximum absolute atomic E-state index is 13.9. The predicted molar refractivity (Wildman–Crippen MR) is 214 cm³/mol. The summed E-state index contributed by atoms with van der Waals surface area (Å²) in [7, 11) is 1.30. The molecule has 0 unspecified atom stereocenters. The number of imidazole rings is 2. The second kappa shape index (κ2) is 14.4. The van der Waals surface area contributed by atoms with Crippen molar-refractivity contribution in [3.63, 3.8) is 0 Å². The number of ether oxygens (including phenoxy) is 2. The van der Waals surface area contributed by atoms with E-state index in [0.29, 0.717) is 34.7 Å². The number of nitrogens with one attached hydrogen (secondary N) is 4. The van der Waals surface area contributed by atoms with E-state index in [0.717, 1.165) is 59.2 Å². The monoisotopic (exact) mass is 788 g/mol. The topological polar surface area (TPSA) is 195 Å². The van der Waals surface area contributed by atoms with Crippen LogP contribution in [0, 0.1) is 23.7 Å². The van der Waals surface area contributed by atoms with Gasteiger partial charge in [0.05, 0.1) is 35.7 Å². The second-order valence-electron chi connectivity index (χ2n) is 16.9. The van der Waals surface area contributed by atoms with Crippen LogP contribution in [-0.2, 0) is 14.3 Å². The SMILES string of the molecule is COC(=O)N[C@H](C(=O)N1[C@@H]2C[C@@H]2C[C@H]1c1nc2ccc(-c3ccc(Oc4cccc5[nH]c([C@@H]6C[C@H]7C[C@H]7N6C(=O)[C@@H](NC(=O)O)C(C)C)nc45)cc3)cc2[nH]1)C(C)C. The van der Waals surface area contributed by atoms with Crippen LogP contribution in [-0.4, -0.2) is 90.1 Å². The highest BCUT2D eigenvalue weighted by Crippen LogP contribution is 2.55. The molecule has 5 N–H and O–H groups in total. The van der Waals surface area contributed by atoms with Gasteiger partial charge in [0.1, 0.15) is 35.0 Å². The van der Waals surface area contributed by atoms with Gasteiger partial charge in [-0.3, -0.25) is 9.59 Å². The molecule has 302 valence electrons. The number of piperidine rings is 2. The molecule has 5 aromatic rings. The largest absolute Gasteiger partial charge is 0.465 e. The molecule has 0 bridgehead atoms. The Morgan fingerprint density at radius 2 is 1.33 bits per heavy atom. The Balaban J connectivity index is 0.912. The maximum Gasteiger partial charge on any atom is 0.407 e. The molecule has 3 aromatic carbocycles. The number of hydrogen-bond acceptors (Lipinski definition) is 8. The summed E-state index contributed by atoms with van der Waals surface area (Å²) in [5, 5.41) is 14.6. The highest BCUT2D eigenvalue weighted by Gasteiger charge is 2.57. The van der Waals surface area contributed by atoms with Gasteiger partial charge in [0.2, 0.25) is 11.8 Å². The Morgan fingerprint density at radius 3 is 1.93 bits per heavy atom. The van der Waals surface area contributed by atoms with Crippen LogP contribution in [0.4, 0.5) is 9.59 Å². The number of amides is 4. The third kappa shape index (κ3) is 6.75. The molecular formula is C43H48N8O7. The van der Waals surface area contributed by atoms with E-state index >= 15 is 0 Å². The molecule has 4 heterocycles.